The molecule has 1 fully saturated rings. The van der Waals surface area contributed by atoms with Gasteiger partial charge >= 0.3 is 6.18 Å². The van der Waals surface area contributed by atoms with E-state index in [0.29, 0.717) is 18.7 Å². The number of carbonyl (C=O) groups is 2. The number of aromatic nitrogens is 2. The fraction of sp³-hybridized carbons (Fsp3) is 0.208. The van der Waals surface area contributed by atoms with Crippen LogP contribution in [0.2, 0.25) is 0 Å². The Labute approximate surface area is 191 Å². The molecule has 1 saturated heterocycles. The number of nitrogens with one attached hydrogen (secondary N) is 1. The van der Waals surface area contributed by atoms with Crippen LogP contribution in [-0.2, 0) is 22.2 Å². The molecule has 34 heavy (non-hydrogen) atoms. The number of aliphatic hydroxyl groups excluding tert-OH is 1. The van der Waals surface area contributed by atoms with Crippen molar-refractivity contribution in [1.82, 2.24) is 14.9 Å². The van der Waals surface area contributed by atoms with E-state index in [0.717, 1.165) is 24.3 Å². The first kappa shape index (κ1) is 23.2. The number of Topliss-reactive ketones (excluding diaryl/α,β-unsaturated/α-hetero) is 1. The molecule has 0 saturated carbocycles. The Kier molecular flexibility index (Phi) is 6.23. The van der Waals surface area contributed by atoms with Crippen LogP contribution < -0.4 is 0 Å². The number of ketones is 1. The summed E-state index contributed by atoms with van der Waals surface area (Å²) in [7, 11) is 0. The fourth-order valence-electron chi connectivity index (χ4n) is 3.93. The minimum Gasteiger partial charge on any atom is -0.507 e. The zero-order valence-electron chi connectivity index (χ0n) is 17.6. The second-order valence-electron chi connectivity index (χ2n) is 7.76. The number of rotatable bonds is 6. The van der Waals surface area contributed by atoms with Gasteiger partial charge in [0.2, 0.25) is 0 Å². The molecule has 0 radical (unpaired) electrons. The lowest BCUT2D eigenvalue weighted by molar-refractivity contribution is -0.140. The van der Waals surface area contributed by atoms with Crippen LogP contribution in [-0.4, -0.2) is 38.2 Å². The third-order valence-electron chi connectivity index (χ3n) is 5.58. The number of aromatic amines is 1. The number of aryl methyl sites for hydroxylation is 1. The van der Waals surface area contributed by atoms with Crippen LogP contribution in [0.15, 0.2) is 66.5 Å². The number of hydrogen-bond acceptors (Lipinski definition) is 4. The maximum Gasteiger partial charge on any atom is 0.416 e. The van der Waals surface area contributed by atoms with Crippen molar-refractivity contribution in [2.24, 2.45) is 0 Å². The lowest BCUT2D eigenvalue weighted by Crippen LogP contribution is -2.31. The van der Waals surface area contributed by atoms with E-state index < -0.39 is 41.0 Å². The second kappa shape index (κ2) is 9.12. The first-order valence-corrected chi connectivity index (χ1v) is 10.4. The van der Waals surface area contributed by atoms with Crippen LogP contribution in [0.4, 0.5) is 17.6 Å². The third kappa shape index (κ3) is 4.57. The van der Waals surface area contributed by atoms with Gasteiger partial charge in [-0.15, -0.1) is 0 Å². The molecule has 0 spiro atoms. The number of hydrogen-bond donors (Lipinski definition) is 2. The summed E-state index contributed by atoms with van der Waals surface area (Å²) in [6.45, 7) is 0.0944. The molecule has 6 nitrogen and oxygen atoms in total. The Balaban J connectivity index is 1.74. The van der Waals surface area contributed by atoms with E-state index in [4.69, 9.17) is 0 Å². The number of amides is 1. The zero-order valence-corrected chi connectivity index (χ0v) is 17.6. The van der Waals surface area contributed by atoms with Crippen LogP contribution in [0, 0.1) is 5.82 Å². The SMILES string of the molecule is O=C1C(=O)N(CCCc2ncc[nH]2)C(c2ccc(C(F)(F)F)cc2)/C1=C(\O)c1ccc(F)cc1. The highest BCUT2D eigenvalue weighted by Crippen LogP contribution is 2.40. The van der Waals surface area contributed by atoms with E-state index in [1.165, 1.54) is 29.2 Å². The van der Waals surface area contributed by atoms with Crippen molar-refractivity contribution >= 4 is 17.4 Å². The number of H-pyrrole nitrogens is 1. The van der Waals surface area contributed by atoms with Gasteiger partial charge in [-0.25, -0.2) is 9.37 Å². The molecule has 1 unspecified atom stereocenters. The summed E-state index contributed by atoms with van der Waals surface area (Å²) < 4.78 is 52.5. The minimum absolute atomic E-state index is 0.0944. The standard InChI is InChI=1S/C24H19F4N3O3/c25-17-9-5-15(6-10-17)21(32)19-20(14-3-7-16(8-4-14)24(26,27)28)31(23(34)22(19)33)13-1-2-18-29-11-12-30-18/h3-12,20,32H,1-2,13H2,(H,29,30)/b21-19+. The highest BCUT2D eigenvalue weighted by molar-refractivity contribution is 6.46. The number of carbonyl (C=O) groups excluding carboxylic acids is 2. The van der Waals surface area contributed by atoms with Gasteiger partial charge in [0.25, 0.3) is 11.7 Å². The van der Waals surface area contributed by atoms with Crippen molar-refractivity contribution in [3.63, 3.8) is 0 Å². The van der Waals surface area contributed by atoms with E-state index in [-0.39, 0.29) is 23.2 Å². The molecule has 10 heteroatoms. The van der Waals surface area contributed by atoms with Crippen LogP contribution in [0.1, 0.15) is 35.0 Å². The Bertz CT molecular complexity index is 1220. The summed E-state index contributed by atoms with van der Waals surface area (Å²) >= 11 is 0. The summed E-state index contributed by atoms with van der Waals surface area (Å²) in [5, 5.41) is 10.9. The first-order chi connectivity index (χ1) is 16.2. The van der Waals surface area contributed by atoms with Crippen molar-refractivity contribution in [3.05, 3.63) is 94.8 Å². The lowest BCUT2D eigenvalue weighted by Gasteiger charge is -2.25. The fourth-order valence-corrected chi connectivity index (χ4v) is 3.93. The third-order valence-corrected chi connectivity index (χ3v) is 5.58. The summed E-state index contributed by atoms with van der Waals surface area (Å²) in [5.41, 5.74) is -0.820. The lowest BCUT2D eigenvalue weighted by atomic mass is 9.94. The predicted octanol–water partition coefficient (Wildman–Crippen LogP) is 4.62. The summed E-state index contributed by atoms with van der Waals surface area (Å²) in [5.74, 6) is -2.27. The summed E-state index contributed by atoms with van der Waals surface area (Å²) in [4.78, 5) is 34.1. The molecule has 1 atom stereocenters. The largest absolute Gasteiger partial charge is 0.507 e. The molecule has 2 N–H and O–H groups in total. The smallest absolute Gasteiger partial charge is 0.416 e. The Morgan fingerprint density at radius 1 is 1.06 bits per heavy atom. The number of benzene rings is 2. The molecule has 1 aliphatic heterocycles. The molecule has 0 bridgehead atoms. The van der Waals surface area contributed by atoms with E-state index in [1.807, 2.05) is 0 Å². The Morgan fingerprint density at radius 2 is 1.74 bits per heavy atom. The molecule has 0 aliphatic carbocycles. The average molecular weight is 473 g/mol. The van der Waals surface area contributed by atoms with E-state index in [2.05, 4.69) is 9.97 Å². The summed E-state index contributed by atoms with van der Waals surface area (Å²) in [6.07, 6.45) is -0.460. The van der Waals surface area contributed by atoms with Crippen LogP contribution in [0.5, 0.6) is 0 Å². The van der Waals surface area contributed by atoms with Crippen molar-refractivity contribution in [2.45, 2.75) is 25.1 Å². The Hall–Kier alpha value is -3.95. The number of alkyl halides is 3. The maximum absolute atomic E-state index is 13.3. The number of likely N-dealkylation sites (tertiary alicyclic amines) is 1. The van der Waals surface area contributed by atoms with Crippen molar-refractivity contribution in [2.75, 3.05) is 6.54 Å². The van der Waals surface area contributed by atoms with Crippen molar-refractivity contribution < 1.29 is 32.3 Å². The van der Waals surface area contributed by atoms with E-state index >= 15 is 0 Å². The first-order valence-electron chi connectivity index (χ1n) is 10.4. The van der Waals surface area contributed by atoms with Gasteiger partial charge in [-0.1, -0.05) is 12.1 Å². The van der Waals surface area contributed by atoms with Gasteiger partial charge in [-0.2, -0.15) is 13.2 Å². The van der Waals surface area contributed by atoms with Crippen LogP contribution >= 0.6 is 0 Å². The number of halogens is 4. The number of nitrogens with zero attached hydrogens (tertiary/aromatic N) is 2. The molecular formula is C24H19F4N3O3. The topological polar surface area (TPSA) is 86.3 Å². The number of imidazole rings is 1. The van der Waals surface area contributed by atoms with Gasteiger partial charge in [0.15, 0.2) is 0 Å². The maximum atomic E-state index is 13.3. The molecule has 3 aromatic rings. The number of aliphatic hydroxyl groups is 1. The second-order valence-corrected chi connectivity index (χ2v) is 7.76. The van der Waals surface area contributed by atoms with Gasteiger partial charge in [0.05, 0.1) is 17.2 Å². The van der Waals surface area contributed by atoms with Crippen LogP contribution in [0.25, 0.3) is 5.76 Å². The van der Waals surface area contributed by atoms with E-state index in [9.17, 15) is 32.3 Å². The predicted molar refractivity (Wildman–Crippen MR) is 114 cm³/mol. The molecule has 2 aromatic carbocycles. The van der Waals surface area contributed by atoms with Crippen molar-refractivity contribution in [3.8, 4) is 0 Å². The van der Waals surface area contributed by atoms with Gasteiger partial charge in [-0.05, 0) is 48.4 Å². The molecule has 176 valence electrons. The highest BCUT2D eigenvalue weighted by atomic mass is 19.4. The Morgan fingerprint density at radius 3 is 2.32 bits per heavy atom. The van der Waals surface area contributed by atoms with Gasteiger partial charge < -0.3 is 15.0 Å². The van der Waals surface area contributed by atoms with E-state index in [1.54, 1.807) is 12.4 Å². The normalized spacial score (nSPS) is 18.0. The van der Waals surface area contributed by atoms with Crippen molar-refractivity contribution in [1.29, 1.82) is 0 Å². The quantitative estimate of drug-likeness (QED) is 0.237. The molecular weight excluding hydrogens is 454 g/mol. The molecule has 4 rings (SSSR count). The van der Waals surface area contributed by atoms with Crippen LogP contribution in [0.3, 0.4) is 0 Å². The van der Waals surface area contributed by atoms with Gasteiger partial charge in [-0.3, -0.25) is 9.59 Å². The average Bonchev–Trinajstić information content (AvgIpc) is 3.41. The highest BCUT2D eigenvalue weighted by Gasteiger charge is 2.46. The molecule has 2 heterocycles. The molecule has 1 aliphatic rings. The molecule has 1 amide bonds. The monoisotopic (exact) mass is 473 g/mol. The van der Waals surface area contributed by atoms with Gasteiger partial charge in [0.1, 0.15) is 17.4 Å². The molecule has 1 aromatic heterocycles. The zero-order chi connectivity index (χ0) is 24.5. The summed E-state index contributed by atoms with van der Waals surface area (Å²) in [6, 6.07) is 7.63. The minimum atomic E-state index is -4.56. The van der Waals surface area contributed by atoms with Gasteiger partial charge in [0, 0.05) is 30.9 Å².